The van der Waals surface area contributed by atoms with Crippen LogP contribution in [0.4, 0.5) is 5.69 Å². The maximum Gasteiger partial charge on any atom is 0.326 e. The monoisotopic (exact) mass is 596 g/mol. The van der Waals surface area contributed by atoms with E-state index in [0.717, 1.165) is 30.8 Å². The number of nitrogens with one attached hydrogen (secondary N) is 1. The van der Waals surface area contributed by atoms with E-state index in [2.05, 4.69) is 10.2 Å². The van der Waals surface area contributed by atoms with Crippen molar-refractivity contribution in [3.8, 4) is 5.75 Å². The Morgan fingerprint density at radius 2 is 1.55 bits per heavy atom. The van der Waals surface area contributed by atoms with Gasteiger partial charge in [-0.3, -0.25) is 9.59 Å². The summed E-state index contributed by atoms with van der Waals surface area (Å²) < 4.78 is 5.99. The molecule has 232 valence electrons. The lowest BCUT2D eigenvalue weighted by Crippen LogP contribution is -2.35. The number of nitrogens with zero attached hydrogens (tertiary/aromatic N) is 1. The highest BCUT2D eigenvalue weighted by atomic mass is 16.5. The van der Waals surface area contributed by atoms with Crippen LogP contribution in [0.1, 0.15) is 79.3 Å². The molecule has 0 aliphatic heterocycles. The number of anilines is 1. The largest absolute Gasteiger partial charge is 0.494 e. The Labute approximate surface area is 260 Å². The van der Waals surface area contributed by atoms with Crippen molar-refractivity contribution in [2.24, 2.45) is 11.8 Å². The van der Waals surface area contributed by atoms with E-state index in [-0.39, 0.29) is 12.2 Å². The molecule has 2 fully saturated rings. The summed E-state index contributed by atoms with van der Waals surface area (Å²) in [5, 5.41) is 13.1. The van der Waals surface area contributed by atoms with E-state index in [1.807, 2.05) is 30.3 Å². The van der Waals surface area contributed by atoms with Crippen LogP contribution >= 0.6 is 0 Å². The Morgan fingerprint density at radius 3 is 2.25 bits per heavy atom. The smallest absolute Gasteiger partial charge is 0.326 e. The normalized spacial score (nSPS) is 15.7. The molecule has 2 N–H and O–H groups in total. The third-order valence-corrected chi connectivity index (χ3v) is 8.76. The molecule has 3 aromatic carbocycles. The quantitative estimate of drug-likeness (QED) is 0.137. The maximum atomic E-state index is 13.1. The minimum Gasteiger partial charge on any atom is -0.494 e. The zero-order valence-corrected chi connectivity index (χ0v) is 25.5. The number of ketones is 1. The highest BCUT2D eigenvalue weighted by Crippen LogP contribution is 2.31. The summed E-state index contributed by atoms with van der Waals surface area (Å²) in [6.07, 6.45) is 10.3. The van der Waals surface area contributed by atoms with Crippen LogP contribution in [0.5, 0.6) is 5.75 Å². The van der Waals surface area contributed by atoms with E-state index in [9.17, 15) is 19.5 Å². The van der Waals surface area contributed by atoms with Crippen molar-refractivity contribution in [3.63, 3.8) is 0 Å². The number of carboxylic acid groups (broad SMARTS) is 1. The Kier molecular flexibility index (Phi) is 11.1. The molecule has 0 spiro atoms. The van der Waals surface area contributed by atoms with Gasteiger partial charge in [0.05, 0.1) is 6.61 Å². The van der Waals surface area contributed by atoms with Gasteiger partial charge >= 0.3 is 5.97 Å². The third kappa shape index (κ3) is 9.18. The molecule has 5 rings (SSSR count). The topological polar surface area (TPSA) is 95.9 Å². The molecule has 0 bridgehead atoms. The second kappa shape index (κ2) is 15.6. The second-order valence-electron chi connectivity index (χ2n) is 12.3. The molecule has 2 saturated carbocycles. The number of carboxylic acids is 1. The molecule has 0 saturated heterocycles. The summed E-state index contributed by atoms with van der Waals surface area (Å²) in [5.41, 5.74) is 2.31. The predicted molar refractivity (Wildman–Crippen MR) is 172 cm³/mol. The lowest BCUT2D eigenvalue weighted by molar-refractivity contribution is -0.138. The Bertz CT molecular complexity index is 1380. The van der Waals surface area contributed by atoms with Crippen molar-refractivity contribution in [1.29, 1.82) is 0 Å². The van der Waals surface area contributed by atoms with E-state index in [4.69, 9.17) is 4.74 Å². The van der Waals surface area contributed by atoms with Gasteiger partial charge in [0.15, 0.2) is 5.78 Å². The second-order valence-corrected chi connectivity index (χ2v) is 12.3. The molecule has 1 atom stereocenters. The van der Waals surface area contributed by atoms with E-state index in [1.165, 1.54) is 44.9 Å². The summed E-state index contributed by atoms with van der Waals surface area (Å²) in [6, 6.07) is 22.5. The maximum absolute atomic E-state index is 13.1. The Balaban J connectivity index is 1.12. The number of carbonyl (C=O) groups excluding carboxylic acids is 2. The molecular weight excluding hydrogens is 552 g/mol. The van der Waals surface area contributed by atoms with Crippen LogP contribution in [-0.4, -0.2) is 53.4 Å². The summed E-state index contributed by atoms with van der Waals surface area (Å²) >= 11 is 0. The molecule has 2 aliphatic rings. The number of rotatable bonds is 16. The molecule has 44 heavy (non-hydrogen) atoms. The summed E-state index contributed by atoms with van der Waals surface area (Å²) in [4.78, 5) is 40.4. The number of carbonyl (C=O) groups is 3. The fraction of sp³-hybridized carbons (Fsp3) is 0.432. The van der Waals surface area contributed by atoms with Crippen molar-refractivity contribution in [2.75, 3.05) is 25.0 Å². The summed E-state index contributed by atoms with van der Waals surface area (Å²) in [5.74, 6) is 1.08. The molecule has 0 aromatic heterocycles. The number of hydrogen-bond donors (Lipinski definition) is 2. The van der Waals surface area contributed by atoms with Gasteiger partial charge in [0.25, 0.3) is 0 Å². The summed E-state index contributed by atoms with van der Waals surface area (Å²) in [6.45, 7) is 2.12. The molecular formula is C37H44N2O5. The van der Waals surface area contributed by atoms with Gasteiger partial charge in [0, 0.05) is 42.7 Å². The number of aliphatic carboxylic acids is 1. The number of hydrogen-bond acceptors (Lipinski definition) is 5. The molecule has 3 aromatic rings. The first-order valence-electron chi connectivity index (χ1n) is 16.1. The van der Waals surface area contributed by atoms with Gasteiger partial charge in [0.1, 0.15) is 11.8 Å². The number of benzene rings is 3. The van der Waals surface area contributed by atoms with Crippen LogP contribution in [0.25, 0.3) is 0 Å². The van der Waals surface area contributed by atoms with Crippen molar-refractivity contribution in [1.82, 2.24) is 4.90 Å². The van der Waals surface area contributed by atoms with Crippen LogP contribution in [0.3, 0.4) is 0 Å². The minimum absolute atomic E-state index is 0.163. The van der Waals surface area contributed by atoms with Gasteiger partial charge in [-0.25, -0.2) is 4.79 Å². The minimum atomic E-state index is -0.999. The zero-order chi connectivity index (χ0) is 30.7. The van der Waals surface area contributed by atoms with E-state index >= 15 is 0 Å². The van der Waals surface area contributed by atoms with Crippen LogP contribution < -0.4 is 10.1 Å². The zero-order valence-electron chi connectivity index (χ0n) is 25.5. The van der Waals surface area contributed by atoms with E-state index < -0.39 is 12.0 Å². The van der Waals surface area contributed by atoms with Gasteiger partial charge in [-0.15, -0.1) is 0 Å². The molecule has 1 amide bonds. The third-order valence-electron chi connectivity index (χ3n) is 8.76. The highest BCUT2D eigenvalue weighted by molar-refractivity contribution is 6.12. The van der Waals surface area contributed by atoms with Crippen LogP contribution in [0.15, 0.2) is 78.9 Å². The molecule has 2 aliphatic carbocycles. The Morgan fingerprint density at radius 1 is 0.841 bits per heavy atom. The fourth-order valence-electron chi connectivity index (χ4n) is 6.04. The summed E-state index contributed by atoms with van der Waals surface area (Å²) in [7, 11) is 0. The average Bonchev–Trinajstić information content (AvgIpc) is 3.88. The van der Waals surface area contributed by atoms with Crippen molar-refractivity contribution >= 4 is 23.3 Å². The first kappa shape index (κ1) is 31.3. The van der Waals surface area contributed by atoms with Crippen molar-refractivity contribution < 1.29 is 24.2 Å². The molecule has 0 radical (unpaired) electrons. The van der Waals surface area contributed by atoms with Crippen molar-refractivity contribution in [3.05, 3.63) is 95.6 Å². The Hall–Kier alpha value is -4.13. The standard InChI is InChI=1S/C37H44N2O5/c40-35(25-27-10-3-1-4-11-27)39(26-29-16-17-29)22-9-23-44-31-20-18-28(19-21-31)24-34(37(42)43)38-33-15-8-7-14-32(33)36(41)30-12-5-2-6-13-30/h2,5-8,12-15,18-21,27,29,34,38H,1,3-4,9-11,16-17,22-26H2,(H,42,43). The lowest BCUT2D eigenvalue weighted by atomic mass is 9.86. The van der Waals surface area contributed by atoms with Crippen molar-refractivity contribution in [2.45, 2.75) is 70.3 Å². The SMILES string of the molecule is O=C(c1ccccc1)c1ccccc1NC(Cc1ccc(OCCCN(CC2CC2)C(=O)CC2CCCCC2)cc1)C(=O)O. The first-order valence-corrected chi connectivity index (χ1v) is 16.1. The predicted octanol–water partition coefficient (Wildman–Crippen LogP) is 7.00. The van der Waals surface area contributed by atoms with Gasteiger partial charge in [-0.05, 0) is 73.8 Å². The van der Waals surface area contributed by atoms with Crippen LogP contribution in [0, 0.1) is 11.8 Å². The molecule has 7 nitrogen and oxygen atoms in total. The molecule has 7 heteroatoms. The van der Waals surface area contributed by atoms with E-state index in [0.29, 0.717) is 47.6 Å². The highest BCUT2D eigenvalue weighted by Gasteiger charge is 2.28. The van der Waals surface area contributed by atoms with Gasteiger partial charge in [-0.1, -0.05) is 73.9 Å². The lowest BCUT2D eigenvalue weighted by Gasteiger charge is -2.27. The van der Waals surface area contributed by atoms with Gasteiger partial charge in [0.2, 0.25) is 5.91 Å². The number of ether oxygens (including phenoxy) is 1. The number of para-hydroxylation sites is 1. The van der Waals surface area contributed by atoms with Gasteiger partial charge < -0.3 is 20.1 Å². The average molecular weight is 597 g/mol. The van der Waals surface area contributed by atoms with E-state index in [1.54, 1.807) is 48.5 Å². The van der Waals surface area contributed by atoms with Crippen LogP contribution in [-0.2, 0) is 16.0 Å². The fourth-order valence-corrected chi connectivity index (χ4v) is 6.04. The number of amides is 1. The molecule has 0 heterocycles. The van der Waals surface area contributed by atoms with Crippen LogP contribution in [0.2, 0.25) is 0 Å². The van der Waals surface area contributed by atoms with Gasteiger partial charge in [-0.2, -0.15) is 0 Å². The first-order chi connectivity index (χ1) is 21.5. The molecule has 1 unspecified atom stereocenters.